The number of anilines is 1. The molecule has 1 heterocycles. The van der Waals surface area contributed by atoms with Gasteiger partial charge in [-0.15, -0.1) is 11.3 Å². The third kappa shape index (κ3) is 2.82. The molecule has 17 heavy (non-hydrogen) atoms. The zero-order valence-electron chi connectivity index (χ0n) is 9.43. The van der Waals surface area contributed by atoms with E-state index in [2.05, 4.69) is 10.3 Å². The highest BCUT2D eigenvalue weighted by molar-refractivity contribution is 7.11. The highest BCUT2D eigenvalue weighted by Crippen LogP contribution is 2.12. The van der Waals surface area contributed by atoms with Crippen LogP contribution in [0.5, 0.6) is 0 Å². The van der Waals surface area contributed by atoms with Gasteiger partial charge in [0.15, 0.2) is 0 Å². The minimum Gasteiger partial charge on any atom is -0.399 e. The van der Waals surface area contributed by atoms with Gasteiger partial charge in [-0.1, -0.05) is 12.1 Å². The van der Waals surface area contributed by atoms with E-state index in [9.17, 15) is 4.79 Å². The number of rotatable bonds is 3. The Balaban J connectivity index is 1.97. The molecule has 0 aliphatic heterocycles. The SMILES string of the molecule is Cc1ncsc1C(=O)NCc1ccc(N)cc1. The molecule has 0 fully saturated rings. The summed E-state index contributed by atoms with van der Waals surface area (Å²) in [5.74, 6) is -0.0816. The summed E-state index contributed by atoms with van der Waals surface area (Å²) in [7, 11) is 0. The fourth-order valence-electron chi connectivity index (χ4n) is 1.42. The molecule has 0 bridgehead atoms. The molecule has 4 nitrogen and oxygen atoms in total. The van der Waals surface area contributed by atoms with Gasteiger partial charge < -0.3 is 11.1 Å². The van der Waals surface area contributed by atoms with E-state index in [-0.39, 0.29) is 5.91 Å². The second kappa shape index (κ2) is 4.97. The lowest BCUT2D eigenvalue weighted by Crippen LogP contribution is -2.22. The van der Waals surface area contributed by atoms with Crippen molar-refractivity contribution in [3.8, 4) is 0 Å². The van der Waals surface area contributed by atoms with Crippen molar-refractivity contribution in [1.29, 1.82) is 0 Å². The summed E-state index contributed by atoms with van der Waals surface area (Å²) in [4.78, 5) is 16.5. The van der Waals surface area contributed by atoms with E-state index in [0.717, 1.165) is 16.9 Å². The quantitative estimate of drug-likeness (QED) is 0.815. The van der Waals surface area contributed by atoms with Crippen LogP contribution in [-0.4, -0.2) is 10.9 Å². The van der Waals surface area contributed by atoms with Crippen LogP contribution >= 0.6 is 11.3 Å². The van der Waals surface area contributed by atoms with Gasteiger partial charge in [0.1, 0.15) is 4.88 Å². The third-order valence-electron chi connectivity index (χ3n) is 2.38. The lowest BCUT2D eigenvalue weighted by molar-refractivity contribution is 0.0954. The first-order valence-corrected chi connectivity index (χ1v) is 6.07. The van der Waals surface area contributed by atoms with E-state index in [1.54, 1.807) is 5.51 Å². The van der Waals surface area contributed by atoms with Crippen LogP contribution in [0.15, 0.2) is 29.8 Å². The van der Waals surface area contributed by atoms with Gasteiger partial charge in [0.2, 0.25) is 0 Å². The Morgan fingerprint density at radius 1 is 1.41 bits per heavy atom. The van der Waals surface area contributed by atoms with Crippen LogP contribution in [0.25, 0.3) is 0 Å². The summed E-state index contributed by atoms with van der Waals surface area (Å²) in [6, 6.07) is 7.43. The summed E-state index contributed by atoms with van der Waals surface area (Å²) in [5.41, 5.74) is 9.77. The number of nitrogen functional groups attached to an aromatic ring is 1. The highest BCUT2D eigenvalue weighted by atomic mass is 32.1. The lowest BCUT2D eigenvalue weighted by Gasteiger charge is -2.04. The average molecular weight is 247 g/mol. The number of thiazole rings is 1. The third-order valence-corrected chi connectivity index (χ3v) is 3.31. The molecular weight excluding hydrogens is 234 g/mol. The number of carbonyl (C=O) groups is 1. The predicted molar refractivity (Wildman–Crippen MR) is 68.9 cm³/mol. The van der Waals surface area contributed by atoms with Gasteiger partial charge in [-0.2, -0.15) is 0 Å². The second-order valence-electron chi connectivity index (χ2n) is 3.69. The number of aromatic nitrogens is 1. The maximum Gasteiger partial charge on any atom is 0.263 e. The van der Waals surface area contributed by atoms with Crippen LogP contribution in [0, 0.1) is 6.92 Å². The molecule has 0 radical (unpaired) electrons. The summed E-state index contributed by atoms with van der Waals surface area (Å²) in [6.07, 6.45) is 0. The maximum absolute atomic E-state index is 11.8. The van der Waals surface area contributed by atoms with E-state index >= 15 is 0 Å². The van der Waals surface area contributed by atoms with Gasteiger partial charge in [0.05, 0.1) is 11.2 Å². The fraction of sp³-hybridized carbons (Fsp3) is 0.167. The summed E-state index contributed by atoms with van der Waals surface area (Å²) >= 11 is 1.35. The van der Waals surface area contributed by atoms with Crippen LogP contribution in [0.4, 0.5) is 5.69 Å². The monoisotopic (exact) mass is 247 g/mol. The van der Waals surface area contributed by atoms with Gasteiger partial charge in [-0.25, -0.2) is 4.98 Å². The molecule has 0 aliphatic rings. The van der Waals surface area contributed by atoms with Crippen LogP contribution in [-0.2, 0) is 6.54 Å². The van der Waals surface area contributed by atoms with E-state index in [1.165, 1.54) is 11.3 Å². The van der Waals surface area contributed by atoms with E-state index in [0.29, 0.717) is 11.4 Å². The number of hydrogen-bond acceptors (Lipinski definition) is 4. The molecule has 0 saturated carbocycles. The van der Waals surface area contributed by atoms with Crippen LogP contribution < -0.4 is 11.1 Å². The molecule has 0 unspecified atom stereocenters. The standard InChI is InChI=1S/C12H13N3OS/c1-8-11(17-7-15-8)12(16)14-6-9-2-4-10(13)5-3-9/h2-5,7H,6,13H2,1H3,(H,14,16). The van der Waals surface area contributed by atoms with Gasteiger partial charge in [-0.05, 0) is 24.6 Å². The van der Waals surface area contributed by atoms with Crippen molar-refractivity contribution in [3.05, 3.63) is 45.9 Å². The van der Waals surface area contributed by atoms with Crippen LogP contribution in [0.1, 0.15) is 20.9 Å². The minimum absolute atomic E-state index is 0.0816. The molecule has 0 saturated heterocycles. The molecule has 0 atom stereocenters. The average Bonchev–Trinajstić information content (AvgIpc) is 2.74. The molecule has 1 amide bonds. The number of nitrogens with one attached hydrogen (secondary N) is 1. The Labute approximate surface area is 103 Å². The Morgan fingerprint density at radius 2 is 2.12 bits per heavy atom. The van der Waals surface area contributed by atoms with Gasteiger partial charge in [0, 0.05) is 12.2 Å². The molecule has 3 N–H and O–H groups in total. The number of hydrogen-bond donors (Lipinski definition) is 2. The Hall–Kier alpha value is -1.88. The largest absolute Gasteiger partial charge is 0.399 e. The summed E-state index contributed by atoms with van der Waals surface area (Å²) in [5, 5.41) is 2.85. The molecular formula is C12H13N3OS. The van der Waals surface area contributed by atoms with Gasteiger partial charge in [0.25, 0.3) is 5.91 Å². The zero-order valence-corrected chi connectivity index (χ0v) is 10.3. The Bertz CT molecular complexity index is 519. The molecule has 1 aromatic carbocycles. The van der Waals surface area contributed by atoms with Crippen LogP contribution in [0.2, 0.25) is 0 Å². The molecule has 1 aromatic heterocycles. The summed E-state index contributed by atoms with van der Waals surface area (Å²) < 4.78 is 0. The van der Waals surface area contributed by atoms with E-state index < -0.39 is 0 Å². The second-order valence-corrected chi connectivity index (χ2v) is 4.55. The first-order valence-electron chi connectivity index (χ1n) is 5.19. The van der Waals surface area contributed by atoms with E-state index in [1.807, 2.05) is 31.2 Å². The molecule has 2 aromatic rings. The molecule has 88 valence electrons. The van der Waals surface area contributed by atoms with Crippen LogP contribution in [0.3, 0.4) is 0 Å². The number of benzene rings is 1. The first kappa shape index (κ1) is 11.6. The molecule has 5 heteroatoms. The van der Waals surface area contributed by atoms with Crippen molar-refractivity contribution in [1.82, 2.24) is 10.3 Å². The Morgan fingerprint density at radius 3 is 2.71 bits per heavy atom. The van der Waals surface area contributed by atoms with Crippen molar-refractivity contribution in [2.75, 3.05) is 5.73 Å². The van der Waals surface area contributed by atoms with E-state index in [4.69, 9.17) is 5.73 Å². The number of nitrogens with two attached hydrogens (primary N) is 1. The zero-order chi connectivity index (χ0) is 12.3. The van der Waals surface area contributed by atoms with Crippen molar-refractivity contribution in [2.45, 2.75) is 13.5 Å². The minimum atomic E-state index is -0.0816. The number of nitrogens with zero attached hydrogens (tertiary/aromatic N) is 1. The van der Waals surface area contributed by atoms with Crippen molar-refractivity contribution < 1.29 is 4.79 Å². The number of aryl methyl sites for hydroxylation is 1. The van der Waals surface area contributed by atoms with Crippen molar-refractivity contribution in [2.24, 2.45) is 0 Å². The van der Waals surface area contributed by atoms with Gasteiger partial charge >= 0.3 is 0 Å². The normalized spacial score (nSPS) is 10.2. The highest BCUT2D eigenvalue weighted by Gasteiger charge is 2.10. The smallest absolute Gasteiger partial charge is 0.263 e. The predicted octanol–water partition coefficient (Wildman–Crippen LogP) is 1.96. The van der Waals surface area contributed by atoms with Crippen molar-refractivity contribution in [3.63, 3.8) is 0 Å². The summed E-state index contributed by atoms with van der Waals surface area (Å²) in [6.45, 7) is 2.32. The Kier molecular flexibility index (Phi) is 3.39. The molecule has 0 aliphatic carbocycles. The topological polar surface area (TPSA) is 68.0 Å². The fourth-order valence-corrected chi connectivity index (χ4v) is 2.14. The molecule has 0 spiro atoms. The van der Waals surface area contributed by atoms with Crippen molar-refractivity contribution >= 4 is 22.9 Å². The first-order chi connectivity index (χ1) is 8.16. The molecule has 2 rings (SSSR count). The number of carbonyl (C=O) groups excluding carboxylic acids is 1. The maximum atomic E-state index is 11.8. The number of amides is 1. The lowest BCUT2D eigenvalue weighted by atomic mass is 10.2. The van der Waals surface area contributed by atoms with Gasteiger partial charge in [-0.3, -0.25) is 4.79 Å².